The van der Waals surface area contributed by atoms with Gasteiger partial charge in [0.05, 0.1) is 0 Å². The fourth-order valence-electron chi connectivity index (χ4n) is 2.72. The average Bonchev–Trinajstić information content (AvgIpc) is 2.57. The summed E-state index contributed by atoms with van der Waals surface area (Å²) in [4.78, 5) is 0. The summed E-state index contributed by atoms with van der Waals surface area (Å²) in [5.74, 6) is 0. The molecule has 0 saturated carbocycles. The van der Waals surface area contributed by atoms with E-state index < -0.39 is 0 Å². The summed E-state index contributed by atoms with van der Waals surface area (Å²) < 4.78 is 0. The van der Waals surface area contributed by atoms with Crippen molar-refractivity contribution in [3.8, 4) is 11.1 Å². The van der Waals surface area contributed by atoms with Crippen LogP contribution in [-0.2, 0) is 12.8 Å². The molecule has 0 aliphatic carbocycles. The zero-order chi connectivity index (χ0) is 15.4. The molecule has 3 aromatic carbocycles. The van der Waals surface area contributed by atoms with Gasteiger partial charge in [-0.2, -0.15) is 0 Å². The molecule has 22 heavy (non-hydrogen) atoms. The topological polar surface area (TPSA) is 0 Å². The number of rotatable bonds is 4. The lowest BCUT2D eigenvalue weighted by Gasteiger charge is -2.07. The van der Waals surface area contributed by atoms with Gasteiger partial charge in [-0.3, -0.25) is 0 Å². The number of hydrogen-bond acceptors (Lipinski definition) is 0. The maximum Gasteiger partial charge on any atom is -0.0181 e. The first-order chi connectivity index (χ1) is 10.7. The predicted octanol–water partition coefficient (Wildman–Crippen LogP) is 5.76. The van der Waals surface area contributed by atoms with Gasteiger partial charge in [0, 0.05) is 0 Å². The Morgan fingerprint density at radius 3 is 1.77 bits per heavy atom. The molecule has 110 valence electrons. The van der Waals surface area contributed by atoms with Gasteiger partial charge in [-0.25, -0.2) is 0 Å². The number of benzene rings is 3. The maximum absolute atomic E-state index is 2.27. The van der Waals surface area contributed by atoms with Crippen molar-refractivity contribution in [3.63, 3.8) is 0 Å². The lowest BCUT2D eigenvalue weighted by atomic mass is 9.98. The molecule has 0 aromatic heterocycles. The van der Waals surface area contributed by atoms with Crippen molar-refractivity contribution >= 4 is 0 Å². The molecule has 0 fully saturated rings. The van der Waals surface area contributed by atoms with E-state index in [9.17, 15) is 0 Å². The van der Waals surface area contributed by atoms with Crippen molar-refractivity contribution in [1.29, 1.82) is 0 Å². The summed E-state index contributed by atoms with van der Waals surface area (Å²) in [6.45, 7) is 4.33. The van der Waals surface area contributed by atoms with E-state index in [2.05, 4.69) is 86.6 Å². The standard InChI is InChI=1S/C22H22/c1-17-8-13-22(16-18(17)2)21-14-11-20(12-15-21)10-9-19-6-4-3-5-7-19/h3-8,11-16H,9-10H2,1-2H3. The minimum atomic E-state index is 1.09. The Morgan fingerprint density at radius 1 is 0.545 bits per heavy atom. The quantitative estimate of drug-likeness (QED) is 0.572. The van der Waals surface area contributed by atoms with Crippen LogP contribution in [-0.4, -0.2) is 0 Å². The molecule has 0 spiro atoms. The third-order valence-corrected chi connectivity index (χ3v) is 4.34. The smallest absolute Gasteiger partial charge is 0.0181 e. The van der Waals surface area contributed by atoms with Crippen LogP contribution in [0.15, 0.2) is 72.8 Å². The van der Waals surface area contributed by atoms with Gasteiger partial charge >= 0.3 is 0 Å². The van der Waals surface area contributed by atoms with E-state index in [1.807, 2.05) is 0 Å². The van der Waals surface area contributed by atoms with Crippen LogP contribution >= 0.6 is 0 Å². The second kappa shape index (κ2) is 6.62. The van der Waals surface area contributed by atoms with Crippen molar-refractivity contribution in [1.82, 2.24) is 0 Å². The van der Waals surface area contributed by atoms with Crippen LogP contribution in [0.25, 0.3) is 11.1 Å². The number of hydrogen-bond donors (Lipinski definition) is 0. The highest BCUT2D eigenvalue weighted by atomic mass is 14.1. The molecule has 0 atom stereocenters. The summed E-state index contributed by atoms with van der Waals surface area (Å²) in [7, 11) is 0. The van der Waals surface area contributed by atoms with Crippen LogP contribution in [0.2, 0.25) is 0 Å². The summed E-state index contributed by atoms with van der Waals surface area (Å²) in [6.07, 6.45) is 2.20. The van der Waals surface area contributed by atoms with E-state index in [-0.39, 0.29) is 0 Å². The van der Waals surface area contributed by atoms with Gasteiger partial charge in [0.1, 0.15) is 0 Å². The molecule has 3 aromatic rings. The molecule has 0 bridgehead atoms. The van der Waals surface area contributed by atoms with Crippen molar-refractivity contribution in [3.05, 3.63) is 95.1 Å². The Labute approximate surface area is 133 Å². The predicted molar refractivity (Wildman–Crippen MR) is 95.2 cm³/mol. The second-order valence-electron chi connectivity index (χ2n) is 5.98. The maximum atomic E-state index is 2.27. The molecule has 0 N–H and O–H groups in total. The van der Waals surface area contributed by atoms with Gasteiger partial charge < -0.3 is 0 Å². The molecule has 0 heteroatoms. The summed E-state index contributed by atoms with van der Waals surface area (Å²) in [6, 6.07) is 26.4. The van der Waals surface area contributed by atoms with Gasteiger partial charge in [-0.15, -0.1) is 0 Å². The number of aryl methyl sites for hydroxylation is 4. The van der Waals surface area contributed by atoms with E-state index in [1.165, 1.54) is 33.4 Å². The first-order valence-electron chi connectivity index (χ1n) is 7.93. The van der Waals surface area contributed by atoms with Gasteiger partial charge in [0.25, 0.3) is 0 Å². The normalized spacial score (nSPS) is 10.6. The zero-order valence-corrected chi connectivity index (χ0v) is 13.3. The van der Waals surface area contributed by atoms with E-state index >= 15 is 0 Å². The largest absolute Gasteiger partial charge is 0.0622 e. The van der Waals surface area contributed by atoms with E-state index in [4.69, 9.17) is 0 Å². The Hall–Kier alpha value is -2.34. The fourth-order valence-corrected chi connectivity index (χ4v) is 2.72. The second-order valence-corrected chi connectivity index (χ2v) is 5.98. The Bertz CT molecular complexity index is 737. The lowest BCUT2D eigenvalue weighted by Crippen LogP contribution is -1.91. The van der Waals surface area contributed by atoms with Crippen LogP contribution in [0.4, 0.5) is 0 Å². The van der Waals surface area contributed by atoms with E-state index in [1.54, 1.807) is 0 Å². The molecular formula is C22H22. The van der Waals surface area contributed by atoms with Gasteiger partial charge in [-0.05, 0) is 60.1 Å². The van der Waals surface area contributed by atoms with Crippen molar-refractivity contribution < 1.29 is 0 Å². The van der Waals surface area contributed by atoms with Crippen molar-refractivity contribution in [2.75, 3.05) is 0 Å². The van der Waals surface area contributed by atoms with Gasteiger partial charge in [-0.1, -0.05) is 72.8 Å². The van der Waals surface area contributed by atoms with E-state index in [0.717, 1.165) is 12.8 Å². The first kappa shape index (κ1) is 14.6. The van der Waals surface area contributed by atoms with Gasteiger partial charge in [0.15, 0.2) is 0 Å². The summed E-state index contributed by atoms with van der Waals surface area (Å²) >= 11 is 0. The van der Waals surface area contributed by atoms with Crippen LogP contribution in [0.3, 0.4) is 0 Å². The average molecular weight is 286 g/mol. The van der Waals surface area contributed by atoms with Crippen molar-refractivity contribution in [2.45, 2.75) is 26.7 Å². The van der Waals surface area contributed by atoms with Crippen LogP contribution in [0, 0.1) is 13.8 Å². The Balaban J connectivity index is 1.71. The highest BCUT2D eigenvalue weighted by Gasteiger charge is 2.01. The summed E-state index contributed by atoms with van der Waals surface area (Å²) in [5, 5.41) is 0. The zero-order valence-electron chi connectivity index (χ0n) is 13.3. The molecule has 0 radical (unpaired) electrons. The Kier molecular flexibility index (Phi) is 4.39. The Morgan fingerprint density at radius 2 is 1.14 bits per heavy atom. The minimum absolute atomic E-state index is 1.09. The third-order valence-electron chi connectivity index (χ3n) is 4.34. The molecule has 0 amide bonds. The molecule has 3 rings (SSSR count). The lowest BCUT2D eigenvalue weighted by molar-refractivity contribution is 0.960. The fraction of sp³-hybridized carbons (Fsp3) is 0.182. The highest BCUT2D eigenvalue weighted by Crippen LogP contribution is 2.23. The molecule has 0 aliphatic heterocycles. The first-order valence-corrected chi connectivity index (χ1v) is 7.93. The summed E-state index contributed by atoms with van der Waals surface area (Å²) in [5.41, 5.74) is 8.11. The van der Waals surface area contributed by atoms with E-state index in [0.29, 0.717) is 0 Å². The monoisotopic (exact) mass is 286 g/mol. The van der Waals surface area contributed by atoms with Crippen LogP contribution < -0.4 is 0 Å². The van der Waals surface area contributed by atoms with Gasteiger partial charge in [0.2, 0.25) is 0 Å². The molecule has 0 saturated heterocycles. The SMILES string of the molecule is Cc1ccc(-c2ccc(CCc3ccccc3)cc2)cc1C. The van der Waals surface area contributed by atoms with Crippen molar-refractivity contribution in [2.24, 2.45) is 0 Å². The molecule has 0 aliphatic rings. The molecule has 0 unspecified atom stereocenters. The van der Waals surface area contributed by atoms with Crippen LogP contribution in [0.1, 0.15) is 22.3 Å². The molecule has 0 heterocycles. The third kappa shape index (κ3) is 3.46. The molecular weight excluding hydrogens is 264 g/mol. The molecule has 0 nitrogen and oxygen atoms in total. The minimum Gasteiger partial charge on any atom is -0.0622 e. The highest BCUT2D eigenvalue weighted by molar-refractivity contribution is 5.65. The van der Waals surface area contributed by atoms with Crippen LogP contribution in [0.5, 0.6) is 0 Å².